The molecule has 0 saturated heterocycles. The molecule has 4 fully saturated rings. The lowest BCUT2D eigenvalue weighted by Crippen LogP contribution is -2.64. The minimum absolute atomic E-state index is 0.0370. The number of amides is 1. The highest BCUT2D eigenvalue weighted by Gasteiger charge is 2.65. The predicted molar refractivity (Wildman–Crippen MR) is 120 cm³/mol. The summed E-state index contributed by atoms with van der Waals surface area (Å²) in [5.41, 5.74) is 0.0325. The molecule has 4 aliphatic carbocycles. The molecule has 0 spiro atoms. The monoisotopic (exact) mass is 464 g/mol. The molecule has 0 bridgehead atoms. The van der Waals surface area contributed by atoms with E-state index in [1.54, 1.807) is 0 Å². The summed E-state index contributed by atoms with van der Waals surface area (Å²) in [5.74, 6) is -0.00341. The molecule has 0 unspecified atom stereocenters. The van der Waals surface area contributed by atoms with Crippen LogP contribution in [-0.4, -0.2) is 52.1 Å². The first-order valence-corrected chi connectivity index (χ1v) is 13.0. The van der Waals surface area contributed by atoms with Crippen molar-refractivity contribution in [3.05, 3.63) is 0 Å². The molecular weight excluding hydrogens is 422 g/mol. The highest BCUT2D eigenvalue weighted by molar-refractivity contribution is 5.80. The molecule has 0 aliphatic heterocycles. The molecule has 0 radical (unpaired) electrons. The van der Waals surface area contributed by atoms with Gasteiger partial charge in [-0.2, -0.15) is 0 Å². The lowest BCUT2D eigenvalue weighted by atomic mass is 9.43. The van der Waals surface area contributed by atoms with E-state index in [2.05, 4.69) is 26.1 Å². The molecule has 4 N–H and O–H groups in total. The average molecular weight is 465 g/mol. The largest absolute Gasteiger partial charge is 0.548 e. The van der Waals surface area contributed by atoms with E-state index in [1.165, 1.54) is 0 Å². The van der Waals surface area contributed by atoms with Crippen LogP contribution in [0.1, 0.15) is 78.6 Å². The van der Waals surface area contributed by atoms with Crippen LogP contribution in [-0.2, 0) is 9.59 Å². The number of fused-ring (bicyclic) bond motifs is 5. The number of carboxylic acids is 1. The minimum Gasteiger partial charge on any atom is -0.548 e. The van der Waals surface area contributed by atoms with Crippen molar-refractivity contribution in [1.29, 1.82) is 0 Å². The third-order valence-corrected chi connectivity index (χ3v) is 10.7. The number of hydrogen-bond donors (Lipinski definition) is 4. The summed E-state index contributed by atoms with van der Waals surface area (Å²) in [4.78, 5) is 22.6. The number of nitrogens with one attached hydrogen (secondary N) is 1. The minimum atomic E-state index is -1.28. The van der Waals surface area contributed by atoms with Gasteiger partial charge >= 0.3 is 0 Å². The molecule has 11 atom stereocenters. The van der Waals surface area contributed by atoms with Crippen molar-refractivity contribution in [2.75, 3.05) is 6.54 Å². The fraction of sp³-hybridized carbons (Fsp3) is 0.923. The second-order valence-electron chi connectivity index (χ2n) is 12.2. The van der Waals surface area contributed by atoms with Crippen LogP contribution < -0.4 is 10.4 Å². The van der Waals surface area contributed by atoms with Crippen molar-refractivity contribution in [2.45, 2.75) is 96.9 Å². The summed E-state index contributed by atoms with van der Waals surface area (Å²) in [7, 11) is 0. The Bertz CT molecular complexity index is 759. The quantitative estimate of drug-likeness (QED) is 0.468. The predicted octanol–water partition coefficient (Wildman–Crippen LogP) is 1.23. The molecule has 188 valence electrons. The van der Waals surface area contributed by atoms with Crippen LogP contribution in [0.15, 0.2) is 0 Å². The zero-order valence-corrected chi connectivity index (χ0v) is 20.3. The van der Waals surface area contributed by atoms with Crippen molar-refractivity contribution in [1.82, 2.24) is 5.32 Å². The fourth-order valence-electron chi connectivity index (χ4n) is 9.03. The Morgan fingerprint density at radius 1 is 0.970 bits per heavy atom. The molecule has 4 aliphatic rings. The van der Waals surface area contributed by atoms with Crippen LogP contribution >= 0.6 is 0 Å². The van der Waals surface area contributed by atoms with Gasteiger partial charge in [0.2, 0.25) is 5.91 Å². The molecule has 4 saturated carbocycles. The standard InChI is InChI=1S/C26H43NO6/c1-14(4-7-20(29)27-13-21(30)31)16-5-6-17-22-18(9-11-25(16,17)2)26(3)10-8-15(28)12-19(26)23(32)24(22)33/h14-19,22-24,28,32-33H,4-13H2,1-3H3,(H,27,29)(H,30,31)/p-1/t14-,15-,16-,17+,18+,19+,22+,23-,24+,25-,26-/m1/s1. The summed E-state index contributed by atoms with van der Waals surface area (Å²) >= 11 is 0. The number of carbonyl (C=O) groups excluding carboxylic acids is 2. The smallest absolute Gasteiger partial charge is 0.220 e. The normalized spacial score (nSPS) is 47.7. The maximum atomic E-state index is 12.0. The topological polar surface area (TPSA) is 130 Å². The first kappa shape index (κ1) is 24.9. The Kier molecular flexibility index (Phi) is 6.89. The fourth-order valence-corrected chi connectivity index (χ4v) is 9.03. The second kappa shape index (κ2) is 9.12. The van der Waals surface area contributed by atoms with E-state index in [0.29, 0.717) is 42.9 Å². The van der Waals surface area contributed by atoms with Gasteiger partial charge in [-0.05, 0) is 97.7 Å². The van der Waals surface area contributed by atoms with Crippen molar-refractivity contribution >= 4 is 11.9 Å². The first-order chi connectivity index (χ1) is 15.5. The van der Waals surface area contributed by atoms with Crippen LogP contribution in [0.3, 0.4) is 0 Å². The van der Waals surface area contributed by atoms with E-state index >= 15 is 0 Å². The van der Waals surface area contributed by atoms with E-state index in [9.17, 15) is 30.0 Å². The van der Waals surface area contributed by atoms with E-state index in [4.69, 9.17) is 0 Å². The molecule has 1 amide bonds. The Balaban J connectivity index is 1.47. The second-order valence-corrected chi connectivity index (χ2v) is 12.2. The Morgan fingerprint density at radius 3 is 2.33 bits per heavy atom. The lowest BCUT2D eigenvalue weighted by Gasteiger charge is -2.63. The number of hydrogen-bond acceptors (Lipinski definition) is 6. The van der Waals surface area contributed by atoms with Crippen molar-refractivity contribution < 1.29 is 30.0 Å². The van der Waals surface area contributed by atoms with Crippen LogP contribution in [0.25, 0.3) is 0 Å². The van der Waals surface area contributed by atoms with Crippen molar-refractivity contribution in [3.63, 3.8) is 0 Å². The summed E-state index contributed by atoms with van der Waals surface area (Å²) < 4.78 is 0. The summed E-state index contributed by atoms with van der Waals surface area (Å²) in [6.45, 7) is 6.40. The molecular formula is C26H42NO6-. The molecule has 7 nitrogen and oxygen atoms in total. The molecule has 0 aromatic carbocycles. The van der Waals surface area contributed by atoms with Gasteiger partial charge in [-0.3, -0.25) is 4.79 Å². The summed E-state index contributed by atoms with van der Waals surface area (Å²) in [6.07, 6.45) is 5.63. The third-order valence-electron chi connectivity index (χ3n) is 10.7. The van der Waals surface area contributed by atoms with Gasteiger partial charge in [0, 0.05) is 6.42 Å². The van der Waals surface area contributed by atoms with Crippen LogP contribution in [0.2, 0.25) is 0 Å². The van der Waals surface area contributed by atoms with Crippen molar-refractivity contribution in [2.24, 2.45) is 46.3 Å². The Hall–Kier alpha value is -1.18. The van der Waals surface area contributed by atoms with E-state index in [0.717, 1.165) is 38.5 Å². The number of carbonyl (C=O) groups is 2. The zero-order valence-electron chi connectivity index (χ0n) is 20.3. The van der Waals surface area contributed by atoms with Crippen LogP contribution in [0.4, 0.5) is 0 Å². The average Bonchev–Trinajstić information content (AvgIpc) is 3.12. The maximum Gasteiger partial charge on any atom is 0.220 e. The lowest BCUT2D eigenvalue weighted by molar-refractivity contribution is -0.304. The zero-order chi connectivity index (χ0) is 24.1. The van der Waals surface area contributed by atoms with Gasteiger partial charge in [0.05, 0.1) is 30.8 Å². The van der Waals surface area contributed by atoms with Crippen LogP contribution in [0.5, 0.6) is 0 Å². The molecule has 0 aromatic rings. The number of carboxylic acid groups (broad SMARTS) is 1. The van der Waals surface area contributed by atoms with Crippen molar-refractivity contribution in [3.8, 4) is 0 Å². The Labute approximate surface area is 197 Å². The first-order valence-electron chi connectivity index (χ1n) is 13.0. The molecule has 4 rings (SSSR count). The summed E-state index contributed by atoms with van der Waals surface area (Å²) in [5, 5.41) is 45.7. The van der Waals surface area contributed by atoms with Gasteiger partial charge in [-0.1, -0.05) is 20.8 Å². The van der Waals surface area contributed by atoms with Gasteiger partial charge in [-0.25, -0.2) is 0 Å². The highest BCUT2D eigenvalue weighted by Crippen LogP contribution is 2.68. The van der Waals surface area contributed by atoms with Gasteiger partial charge in [0.15, 0.2) is 0 Å². The number of aliphatic hydroxyl groups excluding tert-OH is 3. The van der Waals surface area contributed by atoms with Gasteiger partial charge < -0.3 is 30.5 Å². The third kappa shape index (κ3) is 4.23. The SMILES string of the molecule is C[C@H](CCC(=O)NCC(=O)[O-])[C@H]1CC[C@H]2[C@@H]3[C@H](O)[C@H](O)[C@@H]4C[C@H](O)CC[C@]4(C)[C@H]3CC[C@]12C. The number of aliphatic carboxylic acids is 1. The maximum absolute atomic E-state index is 12.0. The molecule has 0 aromatic heterocycles. The number of aliphatic hydroxyl groups is 3. The van der Waals surface area contributed by atoms with Gasteiger partial charge in [-0.15, -0.1) is 0 Å². The number of rotatable bonds is 6. The summed E-state index contributed by atoms with van der Waals surface area (Å²) in [6, 6.07) is 0. The van der Waals surface area contributed by atoms with E-state index in [-0.39, 0.29) is 34.7 Å². The molecule has 0 heterocycles. The van der Waals surface area contributed by atoms with Crippen LogP contribution in [0, 0.1) is 46.3 Å². The van der Waals surface area contributed by atoms with Gasteiger partial charge in [0.25, 0.3) is 0 Å². The van der Waals surface area contributed by atoms with Gasteiger partial charge in [0.1, 0.15) is 0 Å². The van der Waals surface area contributed by atoms with E-state index < -0.39 is 24.7 Å². The van der Waals surface area contributed by atoms with E-state index in [1.807, 2.05) is 0 Å². The molecule has 7 heteroatoms. The molecule has 33 heavy (non-hydrogen) atoms. The highest BCUT2D eigenvalue weighted by atomic mass is 16.4. The Morgan fingerprint density at radius 2 is 1.64 bits per heavy atom.